The number of rotatable bonds is 0. The second-order valence-corrected chi connectivity index (χ2v) is 4.51. The molecule has 74 valence electrons. The van der Waals surface area contributed by atoms with Crippen LogP contribution in [0.25, 0.3) is 10.2 Å². The predicted molar refractivity (Wildman–Crippen MR) is 57.2 cm³/mol. The van der Waals surface area contributed by atoms with Crippen LogP contribution in [0.2, 0.25) is 0 Å². The summed E-state index contributed by atoms with van der Waals surface area (Å²) < 4.78 is 1.10. The summed E-state index contributed by atoms with van der Waals surface area (Å²) in [6, 6.07) is 0. The topological polar surface area (TPSA) is 54.9 Å². The third-order valence-electron chi connectivity index (χ3n) is 2.43. The smallest absolute Gasteiger partial charge is 0.298 e. The molecule has 0 bridgehead atoms. The van der Waals surface area contributed by atoms with Crippen molar-refractivity contribution in [1.29, 1.82) is 0 Å². The first kappa shape index (κ1) is 9.21. The average molecular weight is 210 g/mol. The van der Waals surface area contributed by atoms with Crippen molar-refractivity contribution >= 4 is 21.6 Å². The Bertz CT molecular complexity index is 618. The third-order valence-corrected chi connectivity index (χ3v) is 3.55. The highest BCUT2D eigenvalue weighted by atomic mass is 32.1. The number of nitrogens with one attached hydrogen (secondary N) is 1. The van der Waals surface area contributed by atoms with E-state index in [0.717, 1.165) is 15.0 Å². The lowest BCUT2D eigenvalue weighted by molar-refractivity contribution is 0.795. The number of hydrogen-bond acceptors (Lipinski definition) is 3. The van der Waals surface area contributed by atoms with Gasteiger partial charge >= 0.3 is 5.69 Å². The summed E-state index contributed by atoms with van der Waals surface area (Å²) in [5.41, 5.74) is 0.385. The van der Waals surface area contributed by atoms with Crippen molar-refractivity contribution in [1.82, 2.24) is 9.55 Å². The molecule has 0 unspecified atom stereocenters. The van der Waals surface area contributed by atoms with E-state index in [4.69, 9.17) is 0 Å². The minimum Gasteiger partial charge on any atom is -0.298 e. The molecule has 0 aliphatic carbocycles. The molecule has 0 saturated carbocycles. The van der Waals surface area contributed by atoms with Gasteiger partial charge in [-0.1, -0.05) is 0 Å². The molecular formula is C9H10N2O2S. The van der Waals surface area contributed by atoms with E-state index in [-0.39, 0.29) is 11.2 Å². The number of hydrogen-bond donors (Lipinski definition) is 1. The average Bonchev–Trinajstić information content (AvgIpc) is 2.39. The number of nitrogens with zero attached hydrogens (tertiary/aromatic N) is 1. The van der Waals surface area contributed by atoms with Gasteiger partial charge in [0.05, 0.1) is 5.39 Å². The Hall–Kier alpha value is -1.36. The van der Waals surface area contributed by atoms with E-state index in [1.165, 1.54) is 18.4 Å². The highest BCUT2D eigenvalue weighted by Gasteiger charge is 2.11. The van der Waals surface area contributed by atoms with E-state index in [1.807, 2.05) is 13.8 Å². The molecule has 0 aliphatic rings. The maximum absolute atomic E-state index is 11.7. The number of fused-ring (bicyclic) bond motifs is 1. The second kappa shape index (κ2) is 2.81. The first-order chi connectivity index (χ1) is 6.52. The summed E-state index contributed by atoms with van der Waals surface area (Å²) in [4.78, 5) is 27.5. The highest BCUT2D eigenvalue weighted by Crippen LogP contribution is 2.24. The zero-order chi connectivity index (χ0) is 10.5. The van der Waals surface area contributed by atoms with Crippen LogP contribution in [0.3, 0.4) is 0 Å². The van der Waals surface area contributed by atoms with Gasteiger partial charge in [-0.2, -0.15) is 0 Å². The van der Waals surface area contributed by atoms with Gasteiger partial charge in [0, 0.05) is 11.9 Å². The molecule has 2 heterocycles. The van der Waals surface area contributed by atoms with Crippen molar-refractivity contribution in [3.8, 4) is 0 Å². The summed E-state index contributed by atoms with van der Waals surface area (Å²) in [5, 5.41) is 0.634. The molecule has 5 heteroatoms. The fraction of sp³-hybridized carbons (Fsp3) is 0.333. The molecule has 4 nitrogen and oxygen atoms in total. The SMILES string of the molecule is Cc1sc2[nH]c(=O)n(C)c(=O)c2c1C. The molecule has 0 fully saturated rings. The summed E-state index contributed by atoms with van der Waals surface area (Å²) in [6.45, 7) is 3.84. The third kappa shape index (κ3) is 1.05. The van der Waals surface area contributed by atoms with Crippen molar-refractivity contribution in [3.05, 3.63) is 31.3 Å². The van der Waals surface area contributed by atoms with Crippen molar-refractivity contribution in [2.45, 2.75) is 13.8 Å². The summed E-state index contributed by atoms with van der Waals surface area (Å²) >= 11 is 1.45. The van der Waals surface area contributed by atoms with Gasteiger partial charge in [-0.05, 0) is 19.4 Å². The van der Waals surface area contributed by atoms with E-state index < -0.39 is 0 Å². The fourth-order valence-electron chi connectivity index (χ4n) is 1.41. The molecule has 2 rings (SSSR count). The van der Waals surface area contributed by atoms with Gasteiger partial charge in [0.15, 0.2) is 0 Å². The molecule has 0 radical (unpaired) electrons. The number of aromatic nitrogens is 2. The normalized spacial score (nSPS) is 11.1. The quantitative estimate of drug-likeness (QED) is 0.702. The molecule has 0 spiro atoms. The first-order valence-electron chi connectivity index (χ1n) is 4.21. The van der Waals surface area contributed by atoms with Crippen LogP contribution in [0.1, 0.15) is 10.4 Å². The number of H-pyrrole nitrogens is 1. The largest absolute Gasteiger partial charge is 0.329 e. The molecule has 0 saturated heterocycles. The Labute approximate surface area is 83.8 Å². The predicted octanol–water partition coefficient (Wildman–Crippen LogP) is 0.905. The van der Waals surface area contributed by atoms with Crippen molar-refractivity contribution in [2.24, 2.45) is 7.05 Å². The molecule has 2 aromatic rings. The molecule has 0 aromatic carbocycles. The lowest BCUT2D eigenvalue weighted by atomic mass is 10.2. The zero-order valence-corrected chi connectivity index (χ0v) is 8.99. The Balaban J connectivity index is 3.15. The van der Waals surface area contributed by atoms with Crippen LogP contribution in [0.15, 0.2) is 9.59 Å². The van der Waals surface area contributed by atoms with E-state index in [0.29, 0.717) is 10.2 Å². The number of thiophene rings is 1. The second-order valence-electron chi connectivity index (χ2n) is 3.28. The van der Waals surface area contributed by atoms with Crippen LogP contribution in [-0.4, -0.2) is 9.55 Å². The van der Waals surface area contributed by atoms with E-state index in [1.54, 1.807) is 0 Å². The van der Waals surface area contributed by atoms with E-state index >= 15 is 0 Å². The molecule has 0 atom stereocenters. The van der Waals surface area contributed by atoms with Crippen LogP contribution in [0.5, 0.6) is 0 Å². The summed E-state index contributed by atoms with van der Waals surface area (Å²) in [7, 11) is 1.48. The minimum atomic E-state index is -0.358. The summed E-state index contributed by atoms with van der Waals surface area (Å²) in [6.07, 6.45) is 0. The van der Waals surface area contributed by atoms with Crippen LogP contribution < -0.4 is 11.2 Å². The fourth-order valence-corrected chi connectivity index (χ4v) is 2.46. The van der Waals surface area contributed by atoms with E-state index in [2.05, 4.69) is 4.98 Å². The monoisotopic (exact) mass is 210 g/mol. The lowest BCUT2D eigenvalue weighted by Crippen LogP contribution is -2.32. The highest BCUT2D eigenvalue weighted by molar-refractivity contribution is 7.18. The lowest BCUT2D eigenvalue weighted by Gasteiger charge is -1.95. The van der Waals surface area contributed by atoms with Gasteiger partial charge in [-0.15, -0.1) is 11.3 Å². The van der Waals surface area contributed by atoms with Gasteiger partial charge in [0.2, 0.25) is 0 Å². The standard InChI is InChI=1S/C9H10N2O2S/c1-4-5(2)14-7-6(4)8(12)11(3)9(13)10-7/h1-3H3,(H,10,13). The maximum atomic E-state index is 11.7. The Morgan fingerprint density at radius 2 is 1.93 bits per heavy atom. The molecular weight excluding hydrogens is 200 g/mol. The van der Waals surface area contributed by atoms with Crippen LogP contribution >= 0.6 is 11.3 Å². The van der Waals surface area contributed by atoms with Gasteiger partial charge < -0.3 is 0 Å². The molecule has 14 heavy (non-hydrogen) atoms. The Kier molecular flexibility index (Phi) is 1.85. The van der Waals surface area contributed by atoms with Gasteiger partial charge in [0.1, 0.15) is 4.83 Å². The van der Waals surface area contributed by atoms with Crippen LogP contribution in [-0.2, 0) is 7.05 Å². The van der Waals surface area contributed by atoms with E-state index in [9.17, 15) is 9.59 Å². The van der Waals surface area contributed by atoms with Gasteiger partial charge in [-0.3, -0.25) is 14.3 Å². The Morgan fingerprint density at radius 3 is 2.57 bits per heavy atom. The van der Waals surface area contributed by atoms with Gasteiger partial charge in [0.25, 0.3) is 5.56 Å². The van der Waals surface area contributed by atoms with Crippen molar-refractivity contribution < 1.29 is 0 Å². The Morgan fingerprint density at radius 1 is 1.29 bits per heavy atom. The molecule has 1 N–H and O–H groups in total. The number of aromatic amines is 1. The zero-order valence-electron chi connectivity index (χ0n) is 8.17. The van der Waals surface area contributed by atoms with Crippen molar-refractivity contribution in [3.63, 3.8) is 0 Å². The molecule has 0 amide bonds. The first-order valence-corrected chi connectivity index (χ1v) is 5.03. The number of aryl methyl sites for hydroxylation is 2. The van der Waals surface area contributed by atoms with Crippen molar-refractivity contribution in [2.75, 3.05) is 0 Å². The van der Waals surface area contributed by atoms with Crippen LogP contribution in [0.4, 0.5) is 0 Å². The minimum absolute atomic E-state index is 0.217. The van der Waals surface area contributed by atoms with Crippen LogP contribution in [0, 0.1) is 13.8 Å². The van der Waals surface area contributed by atoms with Gasteiger partial charge in [-0.25, -0.2) is 4.79 Å². The molecule has 0 aliphatic heterocycles. The maximum Gasteiger partial charge on any atom is 0.329 e. The molecule has 2 aromatic heterocycles. The summed E-state index contributed by atoms with van der Waals surface area (Å²) in [5.74, 6) is 0.